The average Bonchev–Trinajstić information content (AvgIpc) is 3.16. The third-order valence-electron chi connectivity index (χ3n) is 6.42. The zero-order valence-corrected chi connectivity index (χ0v) is 16.3. The largest absolute Gasteiger partial charge is 0.393 e. The van der Waals surface area contributed by atoms with Crippen LogP contribution in [0.3, 0.4) is 0 Å². The van der Waals surface area contributed by atoms with Gasteiger partial charge >= 0.3 is 0 Å². The topological polar surface area (TPSA) is 66.4 Å². The molecule has 148 valence electrons. The molecule has 4 aliphatic rings. The molecule has 6 nitrogen and oxygen atoms in total. The van der Waals surface area contributed by atoms with Crippen LogP contribution in [0.4, 0.5) is 0 Å². The summed E-state index contributed by atoms with van der Waals surface area (Å²) in [6.45, 7) is 12.2. The Labute approximate surface area is 155 Å². The fourth-order valence-corrected chi connectivity index (χ4v) is 5.37. The molecule has 0 amide bonds. The van der Waals surface area contributed by atoms with Crippen LogP contribution < -0.4 is 0 Å². The molecule has 3 aliphatic heterocycles. The Morgan fingerprint density at radius 2 is 1.69 bits per heavy atom. The lowest BCUT2D eigenvalue weighted by atomic mass is 9.61. The molecule has 0 radical (unpaired) electrons. The summed E-state index contributed by atoms with van der Waals surface area (Å²) in [5, 5.41) is 10.9. The van der Waals surface area contributed by atoms with E-state index in [-0.39, 0.29) is 24.2 Å². The lowest BCUT2D eigenvalue weighted by Gasteiger charge is -2.46. The van der Waals surface area contributed by atoms with E-state index in [1.165, 1.54) is 0 Å². The second-order valence-electron chi connectivity index (χ2n) is 9.01. The molecule has 1 saturated carbocycles. The third kappa shape index (κ3) is 2.86. The standard InChI is InChI=1S/C20H32O6/c1-6-20(12-9-7-8-10-13(12)21)15(14-11-22-18(2,3)24-14)23-17-16(20)25-19(4,5)26-17/h6,12-17,21H,1,7-11H2,2-5H3/t12-,13+,14?,15-,16+,17-,20+/m1/s1. The van der Waals surface area contributed by atoms with Gasteiger partial charge in [-0.2, -0.15) is 0 Å². The molecule has 0 aromatic carbocycles. The van der Waals surface area contributed by atoms with Gasteiger partial charge in [0, 0.05) is 0 Å². The maximum atomic E-state index is 10.9. The van der Waals surface area contributed by atoms with Gasteiger partial charge in [0.1, 0.15) is 18.3 Å². The summed E-state index contributed by atoms with van der Waals surface area (Å²) >= 11 is 0. The van der Waals surface area contributed by atoms with E-state index >= 15 is 0 Å². The highest BCUT2D eigenvalue weighted by atomic mass is 16.8. The zero-order chi connectivity index (χ0) is 18.7. The molecule has 1 N–H and O–H groups in total. The van der Waals surface area contributed by atoms with Crippen LogP contribution in [0.15, 0.2) is 12.7 Å². The summed E-state index contributed by atoms with van der Waals surface area (Å²) < 4.78 is 30.6. The third-order valence-corrected chi connectivity index (χ3v) is 6.42. The van der Waals surface area contributed by atoms with Crippen molar-refractivity contribution in [2.45, 2.75) is 95.7 Å². The van der Waals surface area contributed by atoms with Crippen LogP contribution in [0.25, 0.3) is 0 Å². The maximum absolute atomic E-state index is 10.9. The van der Waals surface area contributed by atoms with Crippen LogP contribution in [-0.4, -0.2) is 54.0 Å². The van der Waals surface area contributed by atoms with Gasteiger partial charge in [0.05, 0.1) is 18.1 Å². The molecule has 4 rings (SSSR count). The second-order valence-corrected chi connectivity index (χ2v) is 9.01. The summed E-state index contributed by atoms with van der Waals surface area (Å²) in [5.41, 5.74) is -0.577. The van der Waals surface area contributed by atoms with Gasteiger partial charge in [0.2, 0.25) is 0 Å². The first-order valence-electron chi connectivity index (χ1n) is 9.83. The van der Waals surface area contributed by atoms with E-state index in [2.05, 4.69) is 6.58 Å². The predicted molar refractivity (Wildman–Crippen MR) is 94.2 cm³/mol. The Bertz CT molecular complexity index is 561. The number of aliphatic hydroxyl groups excluding tert-OH is 1. The first-order chi connectivity index (χ1) is 12.2. The lowest BCUT2D eigenvalue weighted by Crippen LogP contribution is -2.55. The van der Waals surface area contributed by atoms with Crippen molar-refractivity contribution in [1.29, 1.82) is 0 Å². The number of hydrogen-bond acceptors (Lipinski definition) is 6. The predicted octanol–water partition coefficient (Wildman–Crippen LogP) is 2.74. The first-order valence-corrected chi connectivity index (χ1v) is 9.83. The minimum Gasteiger partial charge on any atom is -0.393 e. The Morgan fingerprint density at radius 3 is 2.31 bits per heavy atom. The fourth-order valence-electron chi connectivity index (χ4n) is 5.37. The molecule has 6 heteroatoms. The highest BCUT2D eigenvalue weighted by Gasteiger charge is 2.68. The molecule has 4 fully saturated rings. The molecule has 1 unspecified atom stereocenters. The number of fused-ring (bicyclic) bond motifs is 1. The van der Waals surface area contributed by atoms with Crippen LogP contribution in [0.5, 0.6) is 0 Å². The smallest absolute Gasteiger partial charge is 0.188 e. The van der Waals surface area contributed by atoms with Crippen molar-refractivity contribution in [2.75, 3.05) is 6.61 Å². The second kappa shape index (κ2) is 6.26. The van der Waals surface area contributed by atoms with Gasteiger partial charge in [-0.25, -0.2) is 0 Å². The molecular weight excluding hydrogens is 336 g/mol. The molecule has 0 aromatic rings. The van der Waals surface area contributed by atoms with Crippen LogP contribution >= 0.6 is 0 Å². The van der Waals surface area contributed by atoms with E-state index in [4.69, 9.17) is 23.7 Å². The highest BCUT2D eigenvalue weighted by Crippen LogP contribution is 2.57. The van der Waals surface area contributed by atoms with Crippen molar-refractivity contribution in [3.05, 3.63) is 12.7 Å². The average molecular weight is 368 g/mol. The van der Waals surface area contributed by atoms with E-state index in [1.807, 2.05) is 33.8 Å². The van der Waals surface area contributed by atoms with Crippen molar-refractivity contribution in [1.82, 2.24) is 0 Å². The molecule has 0 aromatic heterocycles. The van der Waals surface area contributed by atoms with Crippen molar-refractivity contribution in [3.63, 3.8) is 0 Å². The van der Waals surface area contributed by atoms with Crippen molar-refractivity contribution in [2.24, 2.45) is 11.3 Å². The summed E-state index contributed by atoms with van der Waals surface area (Å²) in [4.78, 5) is 0. The first kappa shape index (κ1) is 18.8. The van der Waals surface area contributed by atoms with Crippen LogP contribution in [0.1, 0.15) is 53.4 Å². The van der Waals surface area contributed by atoms with Gasteiger partial charge in [-0.05, 0) is 46.5 Å². The summed E-state index contributed by atoms with van der Waals surface area (Å²) in [6, 6.07) is 0. The molecule has 0 spiro atoms. The Morgan fingerprint density at radius 1 is 0.962 bits per heavy atom. The monoisotopic (exact) mass is 368 g/mol. The van der Waals surface area contributed by atoms with Gasteiger partial charge in [-0.15, -0.1) is 6.58 Å². The van der Waals surface area contributed by atoms with Gasteiger partial charge in [-0.3, -0.25) is 0 Å². The van der Waals surface area contributed by atoms with E-state index in [0.29, 0.717) is 6.61 Å². The molecular formula is C20H32O6. The molecule has 3 saturated heterocycles. The Hall–Kier alpha value is -0.500. The van der Waals surface area contributed by atoms with E-state index in [0.717, 1.165) is 25.7 Å². The minimum absolute atomic E-state index is 0.00133. The molecule has 26 heavy (non-hydrogen) atoms. The van der Waals surface area contributed by atoms with E-state index in [1.54, 1.807) is 0 Å². The van der Waals surface area contributed by atoms with Gasteiger partial charge < -0.3 is 28.8 Å². The van der Waals surface area contributed by atoms with Crippen LogP contribution in [0.2, 0.25) is 0 Å². The number of ether oxygens (including phenoxy) is 5. The minimum atomic E-state index is -0.722. The summed E-state index contributed by atoms with van der Waals surface area (Å²) in [6.07, 6.45) is 3.97. The van der Waals surface area contributed by atoms with Crippen molar-refractivity contribution >= 4 is 0 Å². The molecule has 3 heterocycles. The van der Waals surface area contributed by atoms with Gasteiger partial charge in [-0.1, -0.05) is 18.9 Å². The highest BCUT2D eigenvalue weighted by molar-refractivity contribution is 5.18. The number of aliphatic hydroxyl groups is 1. The van der Waals surface area contributed by atoms with Gasteiger partial charge in [0.25, 0.3) is 0 Å². The fraction of sp³-hybridized carbons (Fsp3) is 0.900. The number of rotatable bonds is 3. The maximum Gasteiger partial charge on any atom is 0.188 e. The quantitative estimate of drug-likeness (QED) is 0.773. The normalized spacial score (nSPS) is 49.9. The van der Waals surface area contributed by atoms with Crippen molar-refractivity contribution < 1.29 is 28.8 Å². The van der Waals surface area contributed by atoms with Crippen LogP contribution in [0, 0.1) is 11.3 Å². The van der Waals surface area contributed by atoms with E-state index in [9.17, 15) is 5.11 Å². The Kier molecular flexibility index (Phi) is 4.54. The molecule has 7 atom stereocenters. The van der Waals surface area contributed by atoms with E-state index < -0.39 is 29.4 Å². The number of hydrogen-bond donors (Lipinski definition) is 1. The zero-order valence-electron chi connectivity index (χ0n) is 16.3. The summed E-state index contributed by atoms with van der Waals surface area (Å²) in [7, 11) is 0. The van der Waals surface area contributed by atoms with Crippen LogP contribution in [-0.2, 0) is 23.7 Å². The molecule has 1 aliphatic carbocycles. The lowest BCUT2D eigenvalue weighted by molar-refractivity contribution is -0.240. The summed E-state index contributed by atoms with van der Waals surface area (Å²) in [5.74, 6) is -1.37. The SMILES string of the molecule is C=C[C@]1([C@@H]2CCCC[C@@H]2O)[C@@H](C2COC(C)(C)O2)O[C@@H]2OC(C)(C)O[C@@H]21. The Balaban J connectivity index is 1.72. The molecule has 0 bridgehead atoms. The van der Waals surface area contributed by atoms with Crippen molar-refractivity contribution in [3.8, 4) is 0 Å². The van der Waals surface area contributed by atoms with Gasteiger partial charge in [0.15, 0.2) is 17.9 Å².